The van der Waals surface area contributed by atoms with Gasteiger partial charge < -0.3 is 19.9 Å². The van der Waals surface area contributed by atoms with E-state index < -0.39 is 0 Å². The Morgan fingerprint density at radius 1 is 1.10 bits per heavy atom. The van der Waals surface area contributed by atoms with Crippen molar-refractivity contribution in [3.8, 4) is 11.5 Å². The molecule has 0 bridgehead atoms. The summed E-state index contributed by atoms with van der Waals surface area (Å²) in [7, 11) is 3.29. The number of hydrogen-bond acceptors (Lipinski definition) is 4. The Morgan fingerprint density at radius 3 is 2.14 bits per heavy atom. The molecule has 21 heavy (non-hydrogen) atoms. The zero-order chi connectivity index (χ0) is 16.0. The van der Waals surface area contributed by atoms with Gasteiger partial charge in [0.05, 0.1) is 20.8 Å². The molecule has 120 valence electrons. The minimum absolute atomic E-state index is 0.104. The molecule has 0 aliphatic heterocycles. The monoisotopic (exact) mass is 295 g/mol. The highest BCUT2D eigenvalue weighted by molar-refractivity contribution is 5.48. The van der Waals surface area contributed by atoms with Gasteiger partial charge >= 0.3 is 0 Å². The van der Waals surface area contributed by atoms with E-state index in [1.54, 1.807) is 14.2 Å². The number of rotatable bonds is 8. The van der Waals surface area contributed by atoms with Crippen LogP contribution >= 0.6 is 0 Å². The Labute approximate surface area is 128 Å². The van der Waals surface area contributed by atoms with E-state index in [1.165, 1.54) is 0 Å². The molecule has 2 N–H and O–H groups in total. The van der Waals surface area contributed by atoms with Gasteiger partial charge in [-0.3, -0.25) is 0 Å². The highest BCUT2D eigenvalue weighted by Gasteiger charge is 2.17. The van der Waals surface area contributed by atoms with Crippen LogP contribution in [0.25, 0.3) is 0 Å². The highest BCUT2D eigenvalue weighted by atomic mass is 16.5. The van der Waals surface area contributed by atoms with Gasteiger partial charge in [0, 0.05) is 12.1 Å². The third kappa shape index (κ3) is 4.90. The molecule has 4 nitrogen and oxygen atoms in total. The maximum absolute atomic E-state index is 9.52. The van der Waals surface area contributed by atoms with Crippen LogP contribution < -0.4 is 14.8 Å². The van der Waals surface area contributed by atoms with E-state index in [-0.39, 0.29) is 18.7 Å². The predicted molar refractivity (Wildman–Crippen MR) is 86.2 cm³/mol. The van der Waals surface area contributed by atoms with Crippen molar-refractivity contribution in [1.82, 2.24) is 5.32 Å². The molecule has 0 heterocycles. The SMILES string of the molecule is COc1cc(C)c(C(C)NC(CO)CC(C)C)cc1OC. The summed E-state index contributed by atoms with van der Waals surface area (Å²) in [4.78, 5) is 0. The van der Waals surface area contributed by atoms with Gasteiger partial charge in [-0.25, -0.2) is 0 Å². The van der Waals surface area contributed by atoms with Gasteiger partial charge in [0.15, 0.2) is 11.5 Å². The van der Waals surface area contributed by atoms with Gasteiger partial charge in [-0.15, -0.1) is 0 Å². The molecule has 0 saturated heterocycles. The fraction of sp³-hybridized carbons (Fsp3) is 0.647. The molecule has 1 aromatic carbocycles. The smallest absolute Gasteiger partial charge is 0.161 e. The summed E-state index contributed by atoms with van der Waals surface area (Å²) in [6, 6.07) is 4.24. The van der Waals surface area contributed by atoms with E-state index in [2.05, 4.69) is 33.0 Å². The number of aryl methyl sites for hydroxylation is 1. The first-order valence-corrected chi connectivity index (χ1v) is 7.52. The van der Waals surface area contributed by atoms with Crippen LogP contribution in [0.4, 0.5) is 0 Å². The molecule has 2 unspecified atom stereocenters. The second kappa shape index (κ2) is 8.25. The Bertz CT molecular complexity index is 446. The summed E-state index contributed by atoms with van der Waals surface area (Å²) >= 11 is 0. The second-order valence-electron chi connectivity index (χ2n) is 5.96. The van der Waals surface area contributed by atoms with Crippen molar-refractivity contribution in [2.45, 2.75) is 46.2 Å². The topological polar surface area (TPSA) is 50.7 Å². The van der Waals surface area contributed by atoms with E-state index in [9.17, 15) is 5.11 Å². The molecular formula is C17H29NO3. The Morgan fingerprint density at radius 2 is 1.67 bits per heavy atom. The molecule has 4 heteroatoms. The van der Waals surface area contributed by atoms with Crippen LogP contribution in [0.3, 0.4) is 0 Å². The van der Waals surface area contributed by atoms with Crippen LogP contribution in [0.15, 0.2) is 12.1 Å². The van der Waals surface area contributed by atoms with Crippen molar-refractivity contribution < 1.29 is 14.6 Å². The number of nitrogens with one attached hydrogen (secondary N) is 1. The number of hydrogen-bond donors (Lipinski definition) is 2. The summed E-state index contributed by atoms with van der Waals surface area (Å²) in [6.07, 6.45) is 0.952. The zero-order valence-electron chi connectivity index (χ0n) is 14.1. The van der Waals surface area contributed by atoms with Gasteiger partial charge in [-0.05, 0) is 49.4 Å². The summed E-state index contributed by atoms with van der Waals surface area (Å²) in [6.45, 7) is 8.64. The largest absolute Gasteiger partial charge is 0.493 e. The van der Waals surface area contributed by atoms with Crippen molar-refractivity contribution in [3.63, 3.8) is 0 Å². The van der Waals surface area contributed by atoms with Crippen molar-refractivity contribution in [2.24, 2.45) is 5.92 Å². The third-order valence-corrected chi connectivity index (χ3v) is 3.70. The molecule has 1 aromatic rings. The van der Waals surface area contributed by atoms with Crippen LogP contribution in [0.5, 0.6) is 11.5 Å². The van der Waals surface area contributed by atoms with Gasteiger partial charge in [-0.1, -0.05) is 13.8 Å². The van der Waals surface area contributed by atoms with Crippen molar-refractivity contribution in [1.29, 1.82) is 0 Å². The maximum atomic E-state index is 9.52. The fourth-order valence-corrected chi connectivity index (χ4v) is 2.67. The number of benzene rings is 1. The summed E-state index contributed by atoms with van der Waals surface area (Å²) in [5.74, 6) is 2.02. The summed E-state index contributed by atoms with van der Waals surface area (Å²) in [5.41, 5.74) is 2.31. The maximum Gasteiger partial charge on any atom is 0.161 e. The molecule has 2 atom stereocenters. The number of ether oxygens (including phenoxy) is 2. The summed E-state index contributed by atoms with van der Waals surface area (Å²) < 4.78 is 10.7. The average molecular weight is 295 g/mol. The molecule has 0 saturated carbocycles. The third-order valence-electron chi connectivity index (χ3n) is 3.70. The van der Waals surface area contributed by atoms with Crippen molar-refractivity contribution in [2.75, 3.05) is 20.8 Å². The minimum atomic E-state index is 0.104. The quantitative estimate of drug-likeness (QED) is 0.774. The first kappa shape index (κ1) is 17.8. The average Bonchev–Trinajstić information content (AvgIpc) is 2.45. The van der Waals surface area contributed by atoms with E-state index >= 15 is 0 Å². The van der Waals surface area contributed by atoms with Crippen LogP contribution in [0.2, 0.25) is 0 Å². The lowest BCUT2D eigenvalue weighted by Gasteiger charge is -2.25. The van der Waals surface area contributed by atoms with Crippen molar-refractivity contribution >= 4 is 0 Å². The number of aliphatic hydroxyl groups is 1. The molecule has 1 rings (SSSR count). The van der Waals surface area contributed by atoms with Crippen molar-refractivity contribution in [3.05, 3.63) is 23.3 Å². The molecule has 0 aliphatic carbocycles. The van der Waals surface area contributed by atoms with Gasteiger partial charge in [0.25, 0.3) is 0 Å². The lowest BCUT2D eigenvalue weighted by atomic mass is 9.98. The Kier molecular flexibility index (Phi) is 6.99. The number of aliphatic hydroxyl groups excluding tert-OH is 1. The fourth-order valence-electron chi connectivity index (χ4n) is 2.67. The highest BCUT2D eigenvalue weighted by Crippen LogP contribution is 2.33. The van der Waals surface area contributed by atoms with E-state index in [0.29, 0.717) is 5.92 Å². The second-order valence-corrected chi connectivity index (χ2v) is 5.96. The first-order chi connectivity index (χ1) is 9.92. The molecular weight excluding hydrogens is 266 g/mol. The lowest BCUT2D eigenvalue weighted by Crippen LogP contribution is -2.35. The molecule has 0 fully saturated rings. The van der Waals surface area contributed by atoms with Gasteiger partial charge in [0.1, 0.15) is 0 Å². The molecule has 0 aliphatic rings. The molecule has 0 spiro atoms. The number of methoxy groups -OCH3 is 2. The van der Waals surface area contributed by atoms with E-state index in [4.69, 9.17) is 9.47 Å². The van der Waals surface area contributed by atoms with Gasteiger partial charge in [0.2, 0.25) is 0 Å². The van der Waals surface area contributed by atoms with Crippen LogP contribution in [0.1, 0.15) is 44.4 Å². The van der Waals surface area contributed by atoms with E-state index in [1.807, 2.05) is 12.1 Å². The lowest BCUT2D eigenvalue weighted by molar-refractivity contribution is 0.215. The normalized spacial score (nSPS) is 14.1. The standard InChI is InChI=1S/C17H29NO3/c1-11(2)7-14(10-19)18-13(4)15-9-17(21-6)16(20-5)8-12(15)3/h8-9,11,13-14,18-19H,7,10H2,1-6H3. The van der Waals surface area contributed by atoms with Crippen LogP contribution in [0, 0.1) is 12.8 Å². The molecule has 0 aromatic heterocycles. The molecule has 0 amide bonds. The van der Waals surface area contributed by atoms with E-state index in [0.717, 1.165) is 29.0 Å². The zero-order valence-corrected chi connectivity index (χ0v) is 14.1. The van der Waals surface area contributed by atoms with Crippen LogP contribution in [-0.4, -0.2) is 32.0 Å². The first-order valence-electron chi connectivity index (χ1n) is 7.52. The van der Waals surface area contributed by atoms with Gasteiger partial charge in [-0.2, -0.15) is 0 Å². The van der Waals surface area contributed by atoms with Crippen LogP contribution in [-0.2, 0) is 0 Å². The Balaban J connectivity index is 2.93. The molecule has 0 radical (unpaired) electrons. The Hall–Kier alpha value is -1.26. The summed E-state index contributed by atoms with van der Waals surface area (Å²) in [5, 5.41) is 13.0. The predicted octanol–water partition coefficient (Wildman–Crippen LogP) is 3.07. The minimum Gasteiger partial charge on any atom is -0.493 e.